The van der Waals surface area contributed by atoms with Crippen molar-refractivity contribution in [3.05, 3.63) is 51.8 Å². The lowest BCUT2D eigenvalue weighted by molar-refractivity contribution is 0.0694. The number of halogens is 1. The molecule has 2 atom stereocenters. The van der Waals surface area contributed by atoms with Gasteiger partial charge in [0.05, 0.1) is 23.7 Å². The van der Waals surface area contributed by atoms with E-state index in [-0.39, 0.29) is 22.9 Å². The third-order valence-electron chi connectivity index (χ3n) is 4.77. The summed E-state index contributed by atoms with van der Waals surface area (Å²) in [4.78, 5) is 23.7. The molecule has 0 amide bonds. The van der Waals surface area contributed by atoms with Gasteiger partial charge in [-0.25, -0.2) is 4.79 Å². The molecule has 0 saturated carbocycles. The van der Waals surface area contributed by atoms with Crippen molar-refractivity contribution >= 4 is 17.6 Å². The smallest absolute Gasteiger partial charge is 0.341 e. The van der Waals surface area contributed by atoms with Gasteiger partial charge in [-0.05, 0) is 29.7 Å². The van der Waals surface area contributed by atoms with E-state index in [1.165, 1.54) is 12.3 Å². The number of carboxylic acids is 1. The van der Waals surface area contributed by atoms with E-state index < -0.39 is 11.4 Å². The van der Waals surface area contributed by atoms with Crippen LogP contribution in [-0.4, -0.2) is 36.0 Å². The van der Waals surface area contributed by atoms with Crippen LogP contribution >= 0.6 is 11.6 Å². The predicted octanol–water partition coefficient (Wildman–Crippen LogP) is 3.73. The van der Waals surface area contributed by atoms with Crippen molar-refractivity contribution in [3.63, 3.8) is 0 Å². The topological polar surface area (TPSA) is 77.8 Å². The highest BCUT2D eigenvalue weighted by molar-refractivity contribution is 6.22. The van der Waals surface area contributed by atoms with Gasteiger partial charge in [-0.15, -0.1) is 11.6 Å². The standard InChI is InChI=1S/C20H22ClNO5/c1-11(2)19-18(21)14-8-12(27-7-6-26-3)4-5-13(14)16-9-17(23)15(20(24)25)10-22(16)19/h4-5,8-11,18-19H,6-7H2,1-3H3,(H,24,25). The van der Waals surface area contributed by atoms with Crippen LogP contribution in [0, 0.1) is 5.92 Å². The Bertz CT molecular complexity index is 921. The number of hydrogen-bond donors (Lipinski definition) is 1. The summed E-state index contributed by atoms with van der Waals surface area (Å²) in [6.45, 7) is 4.94. The van der Waals surface area contributed by atoms with Gasteiger partial charge in [0.25, 0.3) is 0 Å². The van der Waals surface area contributed by atoms with Gasteiger partial charge >= 0.3 is 5.97 Å². The second-order valence-corrected chi connectivity index (χ2v) is 7.35. The zero-order valence-corrected chi connectivity index (χ0v) is 16.2. The average Bonchev–Trinajstić information content (AvgIpc) is 2.62. The van der Waals surface area contributed by atoms with Gasteiger partial charge in [-0.2, -0.15) is 0 Å². The van der Waals surface area contributed by atoms with E-state index in [1.807, 2.05) is 36.6 Å². The Kier molecular flexibility index (Phi) is 5.58. The molecule has 0 aliphatic carbocycles. The molecule has 1 aliphatic heterocycles. The summed E-state index contributed by atoms with van der Waals surface area (Å²) < 4.78 is 12.5. The van der Waals surface area contributed by atoms with Crippen molar-refractivity contribution in [3.8, 4) is 17.0 Å². The third kappa shape index (κ3) is 3.59. The Morgan fingerprint density at radius 2 is 2.04 bits per heavy atom. The second-order valence-electron chi connectivity index (χ2n) is 6.88. The Labute approximate surface area is 162 Å². The van der Waals surface area contributed by atoms with E-state index in [0.717, 1.165) is 11.1 Å². The van der Waals surface area contributed by atoms with Crippen LogP contribution in [0.2, 0.25) is 0 Å². The maximum Gasteiger partial charge on any atom is 0.341 e. The number of ether oxygens (including phenoxy) is 2. The summed E-state index contributed by atoms with van der Waals surface area (Å²) in [5.41, 5.74) is 1.57. The van der Waals surface area contributed by atoms with Crippen LogP contribution in [0.3, 0.4) is 0 Å². The lowest BCUT2D eigenvalue weighted by atomic mass is 9.86. The van der Waals surface area contributed by atoms with Crippen LogP contribution in [0.25, 0.3) is 11.3 Å². The van der Waals surface area contributed by atoms with Gasteiger partial charge in [0.15, 0.2) is 5.43 Å². The largest absolute Gasteiger partial charge is 0.491 e. The van der Waals surface area contributed by atoms with Gasteiger partial charge in [-0.1, -0.05) is 13.8 Å². The molecule has 0 fully saturated rings. The quantitative estimate of drug-likeness (QED) is 0.599. The monoisotopic (exact) mass is 391 g/mol. The van der Waals surface area contributed by atoms with Crippen molar-refractivity contribution in [1.82, 2.24) is 4.57 Å². The van der Waals surface area contributed by atoms with Crippen LogP contribution in [0.5, 0.6) is 5.75 Å². The number of aromatic nitrogens is 1. The fraction of sp³-hybridized carbons (Fsp3) is 0.400. The van der Waals surface area contributed by atoms with Crippen molar-refractivity contribution < 1.29 is 19.4 Å². The molecule has 1 N–H and O–H groups in total. The van der Waals surface area contributed by atoms with Crippen LogP contribution in [0.15, 0.2) is 35.3 Å². The first kappa shape index (κ1) is 19.5. The molecule has 0 spiro atoms. The van der Waals surface area contributed by atoms with E-state index in [2.05, 4.69) is 0 Å². The zero-order chi connectivity index (χ0) is 19.7. The minimum absolute atomic E-state index is 0.126. The SMILES string of the molecule is COCCOc1ccc2c(c1)C(Cl)C(C(C)C)n1cc(C(=O)O)c(=O)cc1-2. The molecule has 0 radical (unpaired) electrons. The summed E-state index contributed by atoms with van der Waals surface area (Å²) in [5, 5.41) is 8.93. The fourth-order valence-corrected chi connectivity index (χ4v) is 4.08. The minimum Gasteiger partial charge on any atom is -0.491 e. The molecule has 1 aromatic carbocycles. The second kappa shape index (κ2) is 7.74. The predicted molar refractivity (Wildman–Crippen MR) is 103 cm³/mol. The number of alkyl halides is 1. The molecule has 3 rings (SSSR count). The first-order chi connectivity index (χ1) is 12.8. The molecule has 0 saturated heterocycles. The van der Waals surface area contributed by atoms with Crippen molar-refractivity contribution in [1.29, 1.82) is 0 Å². The number of methoxy groups -OCH3 is 1. The summed E-state index contributed by atoms with van der Waals surface area (Å²) in [6, 6.07) is 6.74. The fourth-order valence-electron chi connectivity index (χ4n) is 3.49. The first-order valence-corrected chi connectivity index (χ1v) is 9.18. The third-order valence-corrected chi connectivity index (χ3v) is 5.26. The Hall–Kier alpha value is -2.31. The lowest BCUT2D eigenvalue weighted by Crippen LogP contribution is -2.29. The maximum atomic E-state index is 12.3. The number of nitrogens with zero attached hydrogens (tertiary/aromatic N) is 1. The van der Waals surface area contributed by atoms with Crippen molar-refractivity contribution in [2.24, 2.45) is 5.92 Å². The zero-order valence-electron chi connectivity index (χ0n) is 15.4. The highest BCUT2D eigenvalue weighted by Gasteiger charge is 2.35. The van der Waals surface area contributed by atoms with E-state index in [9.17, 15) is 14.7 Å². The Morgan fingerprint density at radius 1 is 1.30 bits per heavy atom. The van der Waals surface area contributed by atoms with Gasteiger partial charge < -0.3 is 19.1 Å². The summed E-state index contributed by atoms with van der Waals surface area (Å²) in [7, 11) is 1.61. The van der Waals surface area contributed by atoms with E-state index in [0.29, 0.717) is 24.7 Å². The molecule has 27 heavy (non-hydrogen) atoms. The van der Waals surface area contributed by atoms with E-state index >= 15 is 0 Å². The molecule has 0 bridgehead atoms. The normalized spacial score (nSPS) is 18.1. The number of carboxylic acid groups (broad SMARTS) is 1. The Balaban J connectivity index is 2.15. The molecule has 1 aromatic heterocycles. The molecule has 144 valence electrons. The molecule has 7 heteroatoms. The molecule has 2 heterocycles. The molecule has 6 nitrogen and oxygen atoms in total. The van der Waals surface area contributed by atoms with E-state index in [4.69, 9.17) is 21.1 Å². The number of fused-ring (bicyclic) bond motifs is 3. The van der Waals surface area contributed by atoms with Gasteiger partial charge in [0.2, 0.25) is 0 Å². The lowest BCUT2D eigenvalue weighted by Gasteiger charge is -2.37. The summed E-state index contributed by atoms with van der Waals surface area (Å²) in [5.74, 6) is -0.435. The highest BCUT2D eigenvalue weighted by atomic mass is 35.5. The van der Waals surface area contributed by atoms with Gasteiger partial charge in [-0.3, -0.25) is 4.79 Å². The average molecular weight is 392 g/mol. The molecular weight excluding hydrogens is 370 g/mol. The summed E-state index contributed by atoms with van der Waals surface area (Å²) >= 11 is 6.81. The first-order valence-electron chi connectivity index (χ1n) is 8.74. The maximum absolute atomic E-state index is 12.3. The molecule has 2 unspecified atom stereocenters. The number of aromatic carboxylic acids is 1. The highest BCUT2D eigenvalue weighted by Crippen LogP contribution is 2.48. The number of pyridine rings is 1. The van der Waals surface area contributed by atoms with Crippen LogP contribution in [0.4, 0.5) is 0 Å². The summed E-state index contributed by atoms with van der Waals surface area (Å²) in [6.07, 6.45) is 1.41. The molecule has 1 aliphatic rings. The molecular formula is C20H22ClNO5. The minimum atomic E-state index is -1.24. The van der Waals surface area contributed by atoms with Gasteiger partial charge in [0.1, 0.15) is 17.9 Å². The van der Waals surface area contributed by atoms with Crippen LogP contribution < -0.4 is 10.2 Å². The number of rotatable bonds is 6. The number of carbonyl (C=O) groups is 1. The van der Waals surface area contributed by atoms with E-state index in [1.54, 1.807) is 7.11 Å². The number of benzene rings is 1. The Morgan fingerprint density at radius 3 is 2.67 bits per heavy atom. The molecule has 2 aromatic rings. The van der Waals surface area contributed by atoms with Crippen molar-refractivity contribution in [2.45, 2.75) is 25.3 Å². The van der Waals surface area contributed by atoms with Crippen LogP contribution in [0.1, 0.15) is 41.2 Å². The number of hydrogen-bond acceptors (Lipinski definition) is 4. The van der Waals surface area contributed by atoms with Crippen molar-refractivity contribution in [2.75, 3.05) is 20.3 Å². The van der Waals surface area contributed by atoms with Crippen LogP contribution in [-0.2, 0) is 4.74 Å². The van der Waals surface area contributed by atoms with Gasteiger partial charge in [0, 0.05) is 24.9 Å².